The number of aliphatic hydroxyl groups is 3. The lowest BCUT2D eigenvalue weighted by atomic mass is 10.1. The summed E-state index contributed by atoms with van der Waals surface area (Å²) in [6.45, 7) is 1.21. The van der Waals surface area contributed by atoms with Crippen molar-refractivity contribution in [2.45, 2.75) is 37.8 Å². The minimum Gasteiger partial charge on any atom is -0.394 e. The van der Waals surface area contributed by atoms with Crippen LogP contribution in [-0.4, -0.2) is 52.8 Å². The van der Waals surface area contributed by atoms with Gasteiger partial charge in [0, 0.05) is 0 Å². The fraction of sp³-hybridized carbons (Fsp3) is 1.00. The first-order valence-corrected chi connectivity index (χ1v) is 4.09. The lowest BCUT2D eigenvalue weighted by molar-refractivity contribution is -0.189. The van der Waals surface area contributed by atoms with Gasteiger partial charge in [0.1, 0.15) is 24.5 Å². The molecule has 0 amide bonds. The quantitative estimate of drug-likeness (QED) is 0.377. The van der Waals surface area contributed by atoms with Crippen molar-refractivity contribution in [1.82, 2.24) is 0 Å². The Morgan fingerprint density at radius 3 is 2.46 bits per heavy atom. The van der Waals surface area contributed by atoms with Crippen LogP contribution in [0.3, 0.4) is 0 Å². The van der Waals surface area contributed by atoms with Gasteiger partial charge < -0.3 is 30.5 Å². The van der Waals surface area contributed by atoms with Crippen LogP contribution in [0.1, 0.15) is 6.92 Å². The second kappa shape index (κ2) is 4.32. The van der Waals surface area contributed by atoms with Crippen molar-refractivity contribution in [3.63, 3.8) is 0 Å². The van der Waals surface area contributed by atoms with Crippen LogP contribution in [0.25, 0.3) is 0 Å². The molecule has 5 atom stereocenters. The summed E-state index contributed by atoms with van der Waals surface area (Å²) in [7, 11) is 0. The molecule has 78 valence electrons. The molecule has 1 heterocycles. The Kier molecular flexibility index (Phi) is 3.60. The molecule has 5 N–H and O–H groups in total. The SMILES string of the molecule is CC(N)O[C@@H]1O[C@H](CO)[C@@H](O)[C@H]1O. The third-order valence-corrected chi connectivity index (χ3v) is 1.85. The molecule has 1 fully saturated rings. The van der Waals surface area contributed by atoms with Gasteiger partial charge in [-0.15, -0.1) is 0 Å². The van der Waals surface area contributed by atoms with Gasteiger partial charge in [0.05, 0.1) is 6.61 Å². The number of ether oxygens (including phenoxy) is 2. The molecule has 0 aromatic heterocycles. The maximum atomic E-state index is 9.34. The van der Waals surface area contributed by atoms with Crippen molar-refractivity contribution in [1.29, 1.82) is 0 Å². The van der Waals surface area contributed by atoms with Crippen molar-refractivity contribution in [3.8, 4) is 0 Å². The molecule has 1 aliphatic heterocycles. The highest BCUT2D eigenvalue weighted by Crippen LogP contribution is 2.22. The van der Waals surface area contributed by atoms with E-state index in [2.05, 4.69) is 0 Å². The molecule has 1 rings (SSSR count). The maximum absolute atomic E-state index is 9.34. The monoisotopic (exact) mass is 193 g/mol. The van der Waals surface area contributed by atoms with E-state index in [1.54, 1.807) is 6.92 Å². The zero-order valence-electron chi connectivity index (χ0n) is 7.33. The van der Waals surface area contributed by atoms with Gasteiger partial charge in [0.2, 0.25) is 0 Å². The normalized spacial score (nSPS) is 42.2. The molecular weight excluding hydrogens is 178 g/mol. The van der Waals surface area contributed by atoms with Gasteiger partial charge in [0.15, 0.2) is 6.29 Å². The molecule has 6 heteroatoms. The summed E-state index contributed by atoms with van der Waals surface area (Å²) in [6, 6.07) is 0. The average Bonchev–Trinajstić information content (AvgIpc) is 2.32. The Hall–Kier alpha value is -0.240. The number of aliphatic hydroxyl groups excluding tert-OH is 3. The van der Waals surface area contributed by atoms with Gasteiger partial charge in [-0.05, 0) is 6.92 Å². The van der Waals surface area contributed by atoms with E-state index in [0.717, 1.165) is 0 Å². The third kappa shape index (κ3) is 2.37. The van der Waals surface area contributed by atoms with E-state index < -0.39 is 30.8 Å². The van der Waals surface area contributed by atoms with Crippen LogP contribution in [0.5, 0.6) is 0 Å². The number of nitrogens with two attached hydrogens (primary N) is 1. The number of hydrogen-bond acceptors (Lipinski definition) is 6. The number of rotatable bonds is 3. The fourth-order valence-electron chi connectivity index (χ4n) is 1.19. The Labute approximate surface area is 75.9 Å². The smallest absolute Gasteiger partial charge is 0.188 e. The van der Waals surface area contributed by atoms with Gasteiger partial charge in [-0.25, -0.2) is 0 Å². The second-order valence-corrected chi connectivity index (χ2v) is 3.05. The van der Waals surface area contributed by atoms with Crippen LogP contribution in [0.2, 0.25) is 0 Å². The highest BCUT2D eigenvalue weighted by molar-refractivity contribution is 4.86. The fourth-order valence-corrected chi connectivity index (χ4v) is 1.19. The summed E-state index contributed by atoms with van der Waals surface area (Å²) < 4.78 is 9.95. The molecule has 0 spiro atoms. The average molecular weight is 193 g/mol. The van der Waals surface area contributed by atoms with Crippen molar-refractivity contribution < 1.29 is 24.8 Å². The van der Waals surface area contributed by atoms with Crippen molar-refractivity contribution in [2.75, 3.05) is 6.61 Å². The Bertz CT molecular complexity index is 165. The zero-order chi connectivity index (χ0) is 10.0. The lowest BCUT2D eigenvalue weighted by Crippen LogP contribution is -2.37. The van der Waals surface area contributed by atoms with Gasteiger partial charge in [-0.3, -0.25) is 0 Å². The minimum absolute atomic E-state index is 0.364. The number of hydrogen-bond donors (Lipinski definition) is 4. The van der Waals surface area contributed by atoms with E-state index in [9.17, 15) is 10.2 Å². The van der Waals surface area contributed by atoms with E-state index in [-0.39, 0.29) is 6.61 Å². The second-order valence-electron chi connectivity index (χ2n) is 3.05. The van der Waals surface area contributed by atoms with Gasteiger partial charge >= 0.3 is 0 Å². The molecule has 1 saturated heterocycles. The molecule has 0 radical (unpaired) electrons. The van der Waals surface area contributed by atoms with E-state index in [1.807, 2.05) is 0 Å². The van der Waals surface area contributed by atoms with Gasteiger partial charge in [0.25, 0.3) is 0 Å². The lowest BCUT2D eigenvalue weighted by Gasteiger charge is -2.17. The first-order chi connectivity index (χ1) is 6.06. The maximum Gasteiger partial charge on any atom is 0.188 e. The van der Waals surface area contributed by atoms with Crippen molar-refractivity contribution in [3.05, 3.63) is 0 Å². The summed E-state index contributed by atoms with van der Waals surface area (Å²) in [5.74, 6) is 0. The van der Waals surface area contributed by atoms with Crippen LogP contribution in [0, 0.1) is 0 Å². The highest BCUT2D eigenvalue weighted by atomic mass is 16.7. The topological polar surface area (TPSA) is 105 Å². The Balaban J connectivity index is 2.50. The third-order valence-electron chi connectivity index (χ3n) is 1.85. The first-order valence-electron chi connectivity index (χ1n) is 4.09. The van der Waals surface area contributed by atoms with E-state index in [1.165, 1.54) is 0 Å². The van der Waals surface area contributed by atoms with Crippen LogP contribution in [0.15, 0.2) is 0 Å². The first kappa shape index (κ1) is 10.8. The van der Waals surface area contributed by atoms with Crippen LogP contribution < -0.4 is 5.73 Å². The minimum atomic E-state index is -1.16. The van der Waals surface area contributed by atoms with E-state index in [4.69, 9.17) is 20.3 Å². The predicted octanol–water partition coefficient (Wildman–Crippen LogP) is -2.25. The molecule has 0 bridgehead atoms. The molecule has 0 aromatic carbocycles. The summed E-state index contributed by atoms with van der Waals surface area (Å²) in [5, 5.41) is 27.3. The molecule has 13 heavy (non-hydrogen) atoms. The molecule has 6 nitrogen and oxygen atoms in total. The zero-order valence-corrected chi connectivity index (χ0v) is 7.33. The van der Waals surface area contributed by atoms with Crippen molar-refractivity contribution >= 4 is 0 Å². The largest absolute Gasteiger partial charge is 0.394 e. The van der Waals surface area contributed by atoms with Crippen LogP contribution in [-0.2, 0) is 9.47 Å². The molecule has 0 aliphatic carbocycles. The molecule has 0 aromatic rings. The van der Waals surface area contributed by atoms with Crippen molar-refractivity contribution in [2.24, 2.45) is 5.73 Å². The summed E-state index contributed by atoms with van der Waals surface area (Å²) in [4.78, 5) is 0. The van der Waals surface area contributed by atoms with Crippen LogP contribution in [0.4, 0.5) is 0 Å². The molecular formula is C7H15NO5. The Morgan fingerprint density at radius 2 is 2.08 bits per heavy atom. The summed E-state index contributed by atoms with van der Waals surface area (Å²) in [6.07, 6.45) is -4.66. The molecule has 0 saturated carbocycles. The highest BCUT2D eigenvalue weighted by Gasteiger charge is 2.43. The van der Waals surface area contributed by atoms with Gasteiger partial charge in [-0.1, -0.05) is 0 Å². The Morgan fingerprint density at radius 1 is 1.46 bits per heavy atom. The molecule has 1 aliphatic rings. The molecule has 1 unspecified atom stereocenters. The summed E-state index contributed by atoms with van der Waals surface area (Å²) >= 11 is 0. The standard InChI is InChI=1S/C7H15NO5/c1-3(8)12-7-6(11)5(10)4(2-9)13-7/h3-7,9-11H,2,8H2,1H3/t3?,4-,5-,6-,7-/m1/s1. The van der Waals surface area contributed by atoms with Gasteiger partial charge in [-0.2, -0.15) is 0 Å². The summed E-state index contributed by atoms with van der Waals surface area (Å²) in [5.41, 5.74) is 5.31. The predicted molar refractivity (Wildman–Crippen MR) is 42.5 cm³/mol. The van der Waals surface area contributed by atoms with E-state index in [0.29, 0.717) is 0 Å². The van der Waals surface area contributed by atoms with E-state index >= 15 is 0 Å². The van der Waals surface area contributed by atoms with Crippen LogP contribution >= 0.6 is 0 Å².